The number of likely N-dealkylation sites (tertiary alicyclic amines) is 1. The van der Waals surface area contributed by atoms with Crippen LogP contribution in [0, 0.1) is 0 Å². The van der Waals surface area contributed by atoms with Gasteiger partial charge in [-0.1, -0.05) is 0 Å². The molecule has 1 amide bonds. The fourth-order valence-corrected chi connectivity index (χ4v) is 3.09. The number of amides is 1. The molecule has 0 aliphatic carbocycles. The predicted molar refractivity (Wildman–Crippen MR) is 74.8 cm³/mol. The summed E-state index contributed by atoms with van der Waals surface area (Å²) in [5.41, 5.74) is 0. The number of piperidine rings is 1. The van der Waals surface area contributed by atoms with Gasteiger partial charge in [-0.2, -0.15) is 0 Å². The largest absolute Gasteiger partial charge is 0.481 e. The van der Waals surface area contributed by atoms with E-state index in [-0.39, 0.29) is 0 Å². The summed E-state index contributed by atoms with van der Waals surface area (Å²) in [5, 5.41) is 0. The molecule has 1 aromatic rings. The van der Waals surface area contributed by atoms with Crippen molar-refractivity contribution in [3.63, 3.8) is 0 Å². The summed E-state index contributed by atoms with van der Waals surface area (Å²) in [6, 6.07) is 2.17. The van der Waals surface area contributed by atoms with Crippen molar-refractivity contribution in [3.05, 3.63) is 12.4 Å². The van der Waals surface area contributed by atoms with Crippen molar-refractivity contribution in [1.82, 2.24) is 14.9 Å². The van der Waals surface area contributed by atoms with Crippen LogP contribution in [0.3, 0.4) is 0 Å². The predicted octanol–water partition coefficient (Wildman–Crippen LogP) is 1.08. The third-order valence-electron chi connectivity index (χ3n) is 4.11. The second-order valence-electron chi connectivity index (χ2n) is 5.35. The van der Waals surface area contributed by atoms with Crippen molar-refractivity contribution >= 4 is 11.7 Å². The van der Waals surface area contributed by atoms with Crippen LogP contribution in [-0.4, -0.2) is 53.6 Å². The van der Waals surface area contributed by atoms with Crippen molar-refractivity contribution in [2.24, 2.45) is 0 Å². The van der Waals surface area contributed by atoms with Crippen LogP contribution in [0.4, 0.5) is 5.82 Å². The summed E-state index contributed by atoms with van der Waals surface area (Å²) in [6.45, 7) is 2.73. The van der Waals surface area contributed by atoms with Gasteiger partial charge in [0.1, 0.15) is 12.1 Å². The molecular formula is C14H20N4O2. The molecule has 0 saturated carbocycles. The Balaban J connectivity index is 1.72. The second-order valence-corrected chi connectivity index (χ2v) is 5.35. The number of methoxy groups -OCH3 is 1. The molecule has 2 aliphatic rings. The number of nitrogens with zero attached hydrogens (tertiary/aromatic N) is 4. The summed E-state index contributed by atoms with van der Waals surface area (Å²) in [4.78, 5) is 24.5. The van der Waals surface area contributed by atoms with Crippen LogP contribution in [0.2, 0.25) is 0 Å². The number of carbonyl (C=O) groups excluding carboxylic acids is 1. The van der Waals surface area contributed by atoms with Gasteiger partial charge in [0.2, 0.25) is 11.8 Å². The number of ether oxygens (including phenoxy) is 1. The van der Waals surface area contributed by atoms with Crippen LogP contribution in [0.25, 0.3) is 0 Å². The first-order valence-corrected chi connectivity index (χ1v) is 7.18. The van der Waals surface area contributed by atoms with Gasteiger partial charge < -0.3 is 14.5 Å². The van der Waals surface area contributed by atoms with E-state index in [9.17, 15) is 4.79 Å². The molecular weight excluding hydrogens is 256 g/mol. The van der Waals surface area contributed by atoms with Crippen LogP contribution in [0.5, 0.6) is 5.88 Å². The van der Waals surface area contributed by atoms with Crippen molar-refractivity contribution in [3.8, 4) is 5.88 Å². The molecule has 0 aromatic carbocycles. The van der Waals surface area contributed by atoms with Gasteiger partial charge in [-0.15, -0.1) is 0 Å². The van der Waals surface area contributed by atoms with Gasteiger partial charge in [0.05, 0.1) is 7.11 Å². The van der Waals surface area contributed by atoms with E-state index in [2.05, 4.69) is 14.9 Å². The maximum absolute atomic E-state index is 11.9. The zero-order chi connectivity index (χ0) is 13.9. The number of hydrogen-bond acceptors (Lipinski definition) is 5. The second kappa shape index (κ2) is 5.64. The van der Waals surface area contributed by atoms with Gasteiger partial charge in [0.15, 0.2) is 0 Å². The van der Waals surface area contributed by atoms with Gasteiger partial charge in [-0.05, 0) is 19.3 Å². The van der Waals surface area contributed by atoms with Crippen LogP contribution in [0.15, 0.2) is 12.4 Å². The van der Waals surface area contributed by atoms with Crippen molar-refractivity contribution in [1.29, 1.82) is 0 Å². The van der Waals surface area contributed by atoms with E-state index in [0.717, 1.165) is 44.7 Å². The lowest BCUT2D eigenvalue weighted by atomic mass is 10.0. The minimum atomic E-state index is 0.303. The Morgan fingerprint density at radius 1 is 1.30 bits per heavy atom. The normalized spacial score (nSPS) is 23.2. The topological polar surface area (TPSA) is 58.6 Å². The van der Waals surface area contributed by atoms with E-state index in [1.54, 1.807) is 7.11 Å². The average molecular weight is 276 g/mol. The molecule has 2 aliphatic heterocycles. The molecule has 6 nitrogen and oxygen atoms in total. The molecule has 1 aromatic heterocycles. The number of anilines is 1. The number of hydrogen-bond donors (Lipinski definition) is 0. The summed E-state index contributed by atoms with van der Waals surface area (Å²) in [7, 11) is 1.61. The molecule has 0 unspecified atom stereocenters. The average Bonchev–Trinajstić information content (AvgIpc) is 2.94. The number of rotatable bonds is 3. The van der Waals surface area contributed by atoms with E-state index in [4.69, 9.17) is 4.74 Å². The van der Waals surface area contributed by atoms with E-state index in [1.165, 1.54) is 6.33 Å². The zero-order valence-electron chi connectivity index (χ0n) is 11.8. The Morgan fingerprint density at radius 2 is 2.20 bits per heavy atom. The molecule has 1 atom stereocenters. The van der Waals surface area contributed by atoms with Gasteiger partial charge >= 0.3 is 0 Å². The molecule has 108 valence electrons. The fraction of sp³-hybridized carbons (Fsp3) is 0.643. The monoisotopic (exact) mass is 276 g/mol. The molecule has 2 saturated heterocycles. The maximum Gasteiger partial charge on any atom is 0.222 e. The lowest BCUT2D eigenvalue weighted by Crippen LogP contribution is -2.48. The Hall–Kier alpha value is -1.85. The molecule has 3 heterocycles. The number of aromatic nitrogens is 2. The Bertz CT molecular complexity index is 494. The van der Waals surface area contributed by atoms with Gasteiger partial charge in [0, 0.05) is 38.2 Å². The highest BCUT2D eigenvalue weighted by molar-refractivity contribution is 5.78. The van der Waals surface area contributed by atoms with Crippen LogP contribution < -0.4 is 9.64 Å². The van der Waals surface area contributed by atoms with Gasteiger partial charge in [-0.3, -0.25) is 4.79 Å². The van der Waals surface area contributed by atoms with E-state index >= 15 is 0 Å². The Morgan fingerprint density at radius 3 is 2.95 bits per heavy atom. The lowest BCUT2D eigenvalue weighted by Gasteiger charge is -2.38. The van der Waals surface area contributed by atoms with Gasteiger partial charge in [0.25, 0.3) is 0 Å². The highest BCUT2D eigenvalue weighted by Gasteiger charge is 2.31. The standard InChI is InChI=1S/C14H20N4O2/c1-20-13-8-12(15-10-16-13)17-6-2-4-11(9-17)18-7-3-5-14(18)19/h8,10-11H,2-7,9H2,1H3/t11-/m0/s1. The van der Waals surface area contributed by atoms with E-state index in [0.29, 0.717) is 24.2 Å². The smallest absolute Gasteiger partial charge is 0.222 e. The third-order valence-corrected chi connectivity index (χ3v) is 4.11. The van der Waals surface area contributed by atoms with Crippen molar-refractivity contribution in [2.45, 2.75) is 31.7 Å². The Labute approximate surface area is 118 Å². The Kier molecular flexibility index (Phi) is 3.71. The minimum Gasteiger partial charge on any atom is -0.481 e. The van der Waals surface area contributed by atoms with Crippen molar-refractivity contribution < 1.29 is 9.53 Å². The molecule has 20 heavy (non-hydrogen) atoms. The SMILES string of the molecule is COc1cc(N2CCC[C@H](N3CCCC3=O)C2)ncn1. The molecule has 0 spiro atoms. The molecule has 2 fully saturated rings. The van der Waals surface area contributed by atoms with Crippen LogP contribution in [0.1, 0.15) is 25.7 Å². The zero-order valence-corrected chi connectivity index (χ0v) is 11.8. The minimum absolute atomic E-state index is 0.303. The van der Waals surface area contributed by atoms with Crippen LogP contribution in [-0.2, 0) is 4.79 Å². The first-order chi connectivity index (χ1) is 9.78. The molecule has 0 N–H and O–H groups in total. The summed E-state index contributed by atoms with van der Waals surface area (Å²) in [5.74, 6) is 1.76. The van der Waals surface area contributed by atoms with Crippen LogP contribution >= 0.6 is 0 Å². The van der Waals surface area contributed by atoms with Crippen molar-refractivity contribution in [2.75, 3.05) is 31.6 Å². The number of carbonyl (C=O) groups is 1. The quantitative estimate of drug-likeness (QED) is 0.826. The van der Waals surface area contributed by atoms with E-state index in [1.807, 2.05) is 11.0 Å². The third kappa shape index (κ3) is 2.55. The first-order valence-electron chi connectivity index (χ1n) is 7.18. The summed E-state index contributed by atoms with van der Waals surface area (Å²) < 4.78 is 5.15. The molecule has 3 rings (SSSR count). The summed E-state index contributed by atoms with van der Waals surface area (Å²) in [6.07, 6.45) is 5.40. The fourth-order valence-electron chi connectivity index (χ4n) is 3.09. The van der Waals surface area contributed by atoms with E-state index < -0.39 is 0 Å². The maximum atomic E-state index is 11.9. The highest BCUT2D eigenvalue weighted by Crippen LogP contribution is 2.25. The summed E-state index contributed by atoms with van der Waals surface area (Å²) >= 11 is 0. The molecule has 0 bridgehead atoms. The van der Waals surface area contributed by atoms with Gasteiger partial charge in [-0.25, -0.2) is 9.97 Å². The highest BCUT2D eigenvalue weighted by atomic mass is 16.5. The molecule has 0 radical (unpaired) electrons. The first kappa shape index (κ1) is 13.1. The molecule has 6 heteroatoms. The lowest BCUT2D eigenvalue weighted by molar-refractivity contribution is -0.129.